The maximum absolute atomic E-state index is 6.09. The van der Waals surface area contributed by atoms with Crippen molar-refractivity contribution in [3.8, 4) is 0 Å². The molecule has 0 amide bonds. The summed E-state index contributed by atoms with van der Waals surface area (Å²) in [6.45, 7) is 8.89. The largest absolute Gasteiger partial charge is 0.383 e. The first kappa shape index (κ1) is 13.4. The molecule has 1 fully saturated rings. The summed E-state index contributed by atoms with van der Waals surface area (Å²) in [6, 6.07) is 0. The summed E-state index contributed by atoms with van der Waals surface area (Å²) >= 11 is 0. The Morgan fingerprint density at radius 3 is 2.60 bits per heavy atom. The number of nitrogens with two attached hydrogens (primary N) is 1. The zero-order chi connectivity index (χ0) is 14.3. The molecule has 108 valence electrons. The lowest BCUT2D eigenvalue weighted by Crippen LogP contribution is -2.21. The normalized spacial score (nSPS) is 16.9. The maximum atomic E-state index is 6.09. The SMILES string of the molecule is Cc1nc(N)c2c(C)c(C)n(CC3CCOCC3)c2n1. The number of hydrogen-bond donors (Lipinski definition) is 1. The molecule has 1 saturated heterocycles. The lowest BCUT2D eigenvalue weighted by atomic mass is 10.0. The van der Waals surface area contributed by atoms with Crippen LogP contribution in [0.25, 0.3) is 11.0 Å². The highest BCUT2D eigenvalue weighted by Crippen LogP contribution is 2.29. The van der Waals surface area contributed by atoms with Gasteiger partial charge in [-0.2, -0.15) is 0 Å². The van der Waals surface area contributed by atoms with Crippen LogP contribution in [-0.2, 0) is 11.3 Å². The van der Waals surface area contributed by atoms with Crippen molar-refractivity contribution in [2.75, 3.05) is 18.9 Å². The third-order valence-corrected chi connectivity index (χ3v) is 4.39. The number of rotatable bonds is 2. The van der Waals surface area contributed by atoms with E-state index in [1.54, 1.807) is 0 Å². The summed E-state index contributed by atoms with van der Waals surface area (Å²) in [5.74, 6) is 1.99. The highest BCUT2D eigenvalue weighted by molar-refractivity contribution is 5.91. The van der Waals surface area contributed by atoms with Gasteiger partial charge >= 0.3 is 0 Å². The second-order valence-electron chi connectivity index (χ2n) is 5.73. The molecule has 20 heavy (non-hydrogen) atoms. The minimum Gasteiger partial charge on any atom is -0.383 e. The first-order valence-electron chi connectivity index (χ1n) is 7.25. The molecule has 0 unspecified atom stereocenters. The van der Waals surface area contributed by atoms with Crippen molar-refractivity contribution in [1.29, 1.82) is 0 Å². The van der Waals surface area contributed by atoms with Gasteiger partial charge in [0.2, 0.25) is 0 Å². The molecular weight excluding hydrogens is 252 g/mol. The molecule has 0 spiro atoms. The van der Waals surface area contributed by atoms with Crippen LogP contribution in [0.3, 0.4) is 0 Å². The van der Waals surface area contributed by atoms with E-state index in [-0.39, 0.29) is 0 Å². The van der Waals surface area contributed by atoms with Crippen LogP contribution in [0.1, 0.15) is 29.9 Å². The highest BCUT2D eigenvalue weighted by Gasteiger charge is 2.20. The summed E-state index contributed by atoms with van der Waals surface area (Å²) < 4.78 is 7.75. The molecule has 2 aromatic rings. The molecule has 0 saturated carbocycles. The minimum absolute atomic E-state index is 0.596. The van der Waals surface area contributed by atoms with Crippen LogP contribution in [0, 0.1) is 26.7 Å². The molecule has 1 aliphatic rings. The Balaban J connectivity index is 2.07. The van der Waals surface area contributed by atoms with Gasteiger partial charge in [-0.25, -0.2) is 9.97 Å². The van der Waals surface area contributed by atoms with Crippen LogP contribution in [0.5, 0.6) is 0 Å². The van der Waals surface area contributed by atoms with Crippen molar-refractivity contribution in [3.05, 3.63) is 17.1 Å². The van der Waals surface area contributed by atoms with E-state index >= 15 is 0 Å². The quantitative estimate of drug-likeness (QED) is 0.913. The molecule has 0 bridgehead atoms. The van der Waals surface area contributed by atoms with Crippen molar-refractivity contribution in [2.45, 2.75) is 40.2 Å². The van der Waals surface area contributed by atoms with E-state index in [9.17, 15) is 0 Å². The molecule has 0 radical (unpaired) electrons. The third-order valence-electron chi connectivity index (χ3n) is 4.39. The van der Waals surface area contributed by atoms with E-state index in [1.807, 2.05) is 6.92 Å². The van der Waals surface area contributed by atoms with Crippen LogP contribution in [0.2, 0.25) is 0 Å². The maximum Gasteiger partial charge on any atom is 0.146 e. The van der Waals surface area contributed by atoms with E-state index in [1.165, 1.54) is 11.3 Å². The van der Waals surface area contributed by atoms with Crippen LogP contribution in [-0.4, -0.2) is 27.7 Å². The van der Waals surface area contributed by atoms with Crippen molar-refractivity contribution < 1.29 is 4.74 Å². The molecule has 1 aliphatic heterocycles. The number of ether oxygens (including phenoxy) is 1. The van der Waals surface area contributed by atoms with Crippen LogP contribution in [0.4, 0.5) is 5.82 Å². The predicted octanol–water partition coefficient (Wildman–Crippen LogP) is 2.37. The van der Waals surface area contributed by atoms with Gasteiger partial charge in [-0.1, -0.05) is 0 Å². The molecule has 3 heterocycles. The second-order valence-corrected chi connectivity index (χ2v) is 5.73. The van der Waals surface area contributed by atoms with E-state index in [0.717, 1.165) is 49.5 Å². The topological polar surface area (TPSA) is 66.0 Å². The summed E-state index contributed by atoms with van der Waals surface area (Å²) in [4.78, 5) is 8.92. The van der Waals surface area contributed by atoms with Gasteiger partial charge in [0.15, 0.2) is 0 Å². The van der Waals surface area contributed by atoms with Gasteiger partial charge in [0.25, 0.3) is 0 Å². The van der Waals surface area contributed by atoms with Crippen molar-refractivity contribution >= 4 is 16.9 Å². The standard InChI is InChI=1S/C15H22N4O/c1-9-10(2)19(8-12-4-6-20-7-5-12)15-13(9)14(16)17-11(3)18-15/h12H,4-8H2,1-3H3,(H2,16,17,18). The lowest BCUT2D eigenvalue weighted by Gasteiger charge is -2.23. The Bertz CT molecular complexity index is 641. The lowest BCUT2D eigenvalue weighted by molar-refractivity contribution is 0.0614. The molecule has 5 nitrogen and oxygen atoms in total. The smallest absolute Gasteiger partial charge is 0.146 e. The van der Waals surface area contributed by atoms with Gasteiger partial charge in [-0.05, 0) is 45.1 Å². The summed E-state index contributed by atoms with van der Waals surface area (Å²) in [6.07, 6.45) is 2.25. The van der Waals surface area contributed by atoms with E-state index in [0.29, 0.717) is 11.7 Å². The number of fused-ring (bicyclic) bond motifs is 1. The van der Waals surface area contributed by atoms with Crippen molar-refractivity contribution in [3.63, 3.8) is 0 Å². The zero-order valence-electron chi connectivity index (χ0n) is 12.4. The van der Waals surface area contributed by atoms with Crippen molar-refractivity contribution in [1.82, 2.24) is 14.5 Å². The fraction of sp³-hybridized carbons (Fsp3) is 0.600. The molecule has 2 N–H and O–H groups in total. The fourth-order valence-electron chi connectivity index (χ4n) is 3.09. The number of nitrogens with zero attached hydrogens (tertiary/aromatic N) is 3. The number of anilines is 1. The predicted molar refractivity (Wildman–Crippen MR) is 79.7 cm³/mol. The number of aromatic nitrogens is 3. The van der Waals surface area contributed by atoms with Crippen LogP contribution < -0.4 is 5.73 Å². The molecule has 0 atom stereocenters. The Morgan fingerprint density at radius 2 is 1.90 bits per heavy atom. The van der Waals surface area contributed by atoms with E-state index in [2.05, 4.69) is 28.4 Å². The molecule has 2 aromatic heterocycles. The summed E-state index contributed by atoms with van der Waals surface area (Å²) in [7, 11) is 0. The highest BCUT2D eigenvalue weighted by atomic mass is 16.5. The second kappa shape index (κ2) is 5.05. The number of aryl methyl sites for hydroxylation is 2. The van der Waals surface area contributed by atoms with Gasteiger partial charge < -0.3 is 15.0 Å². The fourth-order valence-corrected chi connectivity index (χ4v) is 3.09. The zero-order valence-corrected chi connectivity index (χ0v) is 12.4. The van der Waals surface area contributed by atoms with Crippen LogP contribution in [0.15, 0.2) is 0 Å². The Kier molecular flexibility index (Phi) is 3.38. The third kappa shape index (κ3) is 2.16. The average Bonchev–Trinajstić information content (AvgIpc) is 2.65. The molecule has 0 aromatic carbocycles. The van der Waals surface area contributed by atoms with Gasteiger partial charge in [0.05, 0.1) is 5.39 Å². The number of nitrogen functional groups attached to an aromatic ring is 1. The minimum atomic E-state index is 0.596. The Morgan fingerprint density at radius 1 is 1.20 bits per heavy atom. The van der Waals surface area contributed by atoms with Gasteiger partial charge in [-0.15, -0.1) is 0 Å². The molecular formula is C15H22N4O. The van der Waals surface area contributed by atoms with Crippen LogP contribution >= 0.6 is 0 Å². The van der Waals surface area contributed by atoms with Gasteiger partial charge in [-0.3, -0.25) is 0 Å². The average molecular weight is 274 g/mol. The summed E-state index contributed by atoms with van der Waals surface area (Å²) in [5.41, 5.74) is 9.52. The Labute approximate surface area is 119 Å². The summed E-state index contributed by atoms with van der Waals surface area (Å²) in [5, 5.41) is 1.01. The molecule has 5 heteroatoms. The van der Waals surface area contributed by atoms with Gasteiger partial charge in [0.1, 0.15) is 17.3 Å². The molecule has 0 aliphatic carbocycles. The van der Waals surface area contributed by atoms with Gasteiger partial charge in [0, 0.05) is 25.5 Å². The molecule has 3 rings (SSSR count). The number of hydrogen-bond acceptors (Lipinski definition) is 4. The first-order chi connectivity index (χ1) is 9.58. The monoisotopic (exact) mass is 274 g/mol. The van der Waals surface area contributed by atoms with E-state index in [4.69, 9.17) is 10.5 Å². The first-order valence-corrected chi connectivity index (χ1v) is 7.25. The van der Waals surface area contributed by atoms with Crippen molar-refractivity contribution in [2.24, 2.45) is 5.92 Å². The Hall–Kier alpha value is -1.62. The van der Waals surface area contributed by atoms with E-state index < -0.39 is 0 Å².